The first kappa shape index (κ1) is 28.0. The Hall–Kier alpha value is -3.12. The minimum atomic E-state index is -0.273. The lowest BCUT2D eigenvalue weighted by Gasteiger charge is -2.42. The normalized spacial score (nSPS) is 25.2. The second-order valence-corrected chi connectivity index (χ2v) is 12.1. The Morgan fingerprint density at radius 2 is 1.83 bits per heavy atom. The van der Waals surface area contributed by atoms with Crippen LogP contribution in [0.15, 0.2) is 18.3 Å². The number of alkyl halides is 1. The molecular weight excluding hydrogens is 548 g/mol. The molecule has 2 unspecified atom stereocenters. The van der Waals surface area contributed by atoms with E-state index in [4.69, 9.17) is 31.0 Å². The van der Waals surface area contributed by atoms with E-state index in [9.17, 15) is 9.59 Å². The molecule has 4 saturated heterocycles. The second kappa shape index (κ2) is 12.0. The Morgan fingerprint density at radius 3 is 2.51 bits per heavy atom. The van der Waals surface area contributed by atoms with Gasteiger partial charge in [0.1, 0.15) is 6.10 Å². The molecule has 0 aromatic carbocycles. The predicted octanol–water partition coefficient (Wildman–Crippen LogP) is 3.39. The maximum Gasteiger partial charge on any atom is 0.410 e. The highest BCUT2D eigenvalue weighted by Crippen LogP contribution is 2.38. The number of anilines is 2. The van der Waals surface area contributed by atoms with E-state index in [1.807, 2.05) is 11.1 Å². The number of ether oxygens (including phenoxy) is 2. The van der Waals surface area contributed by atoms with Crippen molar-refractivity contribution < 1.29 is 19.1 Å². The molecule has 0 saturated carbocycles. The van der Waals surface area contributed by atoms with Crippen LogP contribution in [-0.4, -0.2) is 104 Å². The fourth-order valence-corrected chi connectivity index (χ4v) is 6.50. The lowest BCUT2D eigenvalue weighted by molar-refractivity contribution is -0.136. The van der Waals surface area contributed by atoms with Gasteiger partial charge in [0.2, 0.25) is 17.8 Å². The summed E-state index contributed by atoms with van der Waals surface area (Å²) >= 11 is 5.61. The third-order valence-electron chi connectivity index (χ3n) is 8.63. The maximum atomic E-state index is 13.1. The molecule has 2 aromatic rings. The number of halogens is 1. The summed E-state index contributed by atoms with van der Waals surface area (Å²) in [6.07, 6.45) is 9.77. The number of carbonyl (C=O) groups is 2. The van der Waals surface area contributed by atoms with Gasteiger partial charge < -0.3 is 29.9 Å². The van der Waals surface area contributed by atoms with Gasteiger partial charge in [0.05, 0.1) is 19.3 Å². The zero-order chi connectivity index (χ0) is 28.5. The molecule has 4 fully saturated rings. The molecule has 41 heavy (non-hydrogen) atoms. The molecule has 2 amide bonds. The molecule has 4 aliphatic rings. The Balaban J connectivity index is 1.11. The van der Waals surface area contributed by atoms with Crippen LogP contribution in [0.2, 0.25) is 0 Å². The number of hydrogen-bond donors (Lipinski definition) is 2. The van der Waals surface area contributed by atoms with Crippen molar-refractivity contribution in [3.63, 3.8) is 0 Å². The molecule has 12 nitrogen and oxygen atoms in total. The molecule has 0 radical (unpaired) electrons. The van der Waals surface area contributed by atoms with Crippen molar-refractivity contribution in [1.29, 1.82) is 0 Å². The first-order chi connectivity index (χ1) is 19.9. The van der Waals surface area contributed by atoms with E-state index >= 15 is 0 Å². The van der Waals surface area contributed by atoms with Gasteiger partial charge in [-0.25, -0.2) is 4.79 Å². The Morgan fingerprint density at radius 1 is 1.10 bits per heavy atom. The van der Waals surface area contributed by atoms with Crippen LogP contribution in [-0.2, 0) is 14.3 Å². The van der Waals surface area contributed by atoms with Crippen LogP contribution in [0.4, 0.5) is 16.7 Å². The van der Waals surface area contributed by atoms with Gasteiger partial charge in [0.15, 0.2) is 5.65 Å². The molecule has 0 spiro atoms. The van der Waals surface area contributed by atoms with Crippen LogP contribution in [0.5, 0.6) is 0 Å². The van der Waals surface area contributed by atoms with Crippen molar-refractivity contribution in [2.24, 2.45) is 0 Å². The minimum Gasteiger partial charge on any atom is -0.442 e. The highest BCUT2D eigenvalue weighted by Gasteiger charge is 2.46. The van der Waals surface area contributed by atoms with Gasteiger partial charge in [-0.3, -0.25) is 4.79 Å². The van der Waals surface area contributed by atoms with Crippen LogP contribution >= 0.6 is 11.6 Å². The van der Waals surface area contributed by atoms with E-state index in [2.05, 4.69) is 29.6 Å². The second-order valence-electron chi connectivity index (χ2n) is 11.8. The van der Waals surface area contributed by atoms with E-state index in [1.54, 1.807) is 15.5 Å². The molecule has 6 heterocycles. The fourth-order valence-electron chi connectivity index (χ4n) is 6.41. The lowest BCUT2D eigenvalue weighted by atomic mass is 9.98. The molecular formula is C28H39ClN8O4. The number of rotatable bonds is 8. The van der Waals surface area contributed by atoms with Crippen molar-refractivity contribution in [1.82, 2.24) is 29.4 Å². The SMILES string of the molecule is CC(C)c1cnn2c(NC3CC4CCC(C3)N4C(=O)OC3CN(C(=O)/C=C/CCl)C3)nc(NC3CCOCC3)nc12. The Bertz CT molecular complexity index is 1280. The zero-order valence-electron chi connectivity index (χ0n) is 23.7. The van der Waals surface area contributed by atoms with Crippen molar-refractivity contribution in [2.75, 3.05) is 42.8 Å². The molecule has 0 aliphatic carbocycles. The monoisotopic (exact) mass is 586 g/mol. The number of carbonyl (C=O) groups excluding carboxylic acids is 2. The third kappa shape index (κ3) is 5.94. The summed E-state index contributed by atoms with van der Waals surface area (Å²) in [7, 11) is 0. The molecule has 222 valence electrons. The van der Waals surface area contributed by atoms with Crippen LogP contribution < -0.4 is 10.6 Å². The number of nitrogens with zero attached hydrogens (tertiary/aromatic N) is 6. The van der Waals surface area contributed by atoms with Crippen molar-refractivity contribution in [3.8, 4) is 0 Å². The number of fused-ring (bicyclic) bond motifs is 3. The summed E-state index contributed by atoms with van der Waals surface area (Å²) in [6.45, 7) is 6.59. The Labute approximate surface area is 244 Å². The van der Waals surface area contributed by atoms with E-state index in [0.717, 1.165) is 62.9 Å². The zero-order valence-corrected chi connectivity index (χ0v) is 24.4. The number of likely N-dealkylation sites (tertiary alicyclic amines) is 1. The molecule has 2 N–H and O–H groups in total. The summed E-state index contributed by atoms with van der Waals surface area (Å²) in [4.78, 5) is 38.5. The smallest absolute Gasteiger partial charge is 0.410 e. The highest BCUT2D eigenvalue weighted by atomic mass is 35.5. The number of amides is 2. The maximum absolute atomic E-state index is 13.1. The fraction of sp³-hybridized carbons (Fsp3) is 0.679. The number of hydrogen-bond acceptors (Lipinski definition) is 9. The summed E-state index contributed by atoms with van der Waals surface area (Å²) in [5.41, 5.74) is 1.89. The van der Waals surface area contributed by atoms with Gasteiger partial charge in [-0.1, -0.05) is 19.9 Å². The molecule has 13 heteroatoms. The Kier molecular flexibility index (Phi) is 8.21. The average Bonchev–Trinajstić information content (AvgIpc) is 3.48. The van der Waals surface area contributed by atoms with Crippen molar-refractivity contribution in [2.45, 2.75) is 88.6 Å². The average molecular weight is 587 g/mol. The lowest BCUT2D eigenvalue weighted by Crippen LogP contribution is -2.57. The molecule has 2 bridgehead atoms. The molecule has 2 aromatic heterocycles. The summed E-state index contributed by atoms with van der Waals surface area (Å²) < 4.78 is 13.1. The van der Waals surface area contributed by atoms with E-state index < -0.39 is 0 Å². The van der Waals surface area contributed by atoms with E-state index in [1.165, 1.54) is 6.08 Å². The number of piperidine rings is 1. The highest BCUT2D eigenvalue weighted by molar-refractivity contribution is 6.19. The van der Waals surface area contributed by atoms with Gasteiger partial charge in [0, 0.05) is 54.9 Å². The third-order valence-corrected chi connectivity index (χ3v) is 8.80. The van der Waals surface area contributed by atoms with Crippen LogP contribution in [0.25, 0.3) is 5.65 Å². The molecule has 6 rings (SSSR count). The largest absolute Gasteiger partial charge is 0.442 e. The van der Waals surface area contributed by atoms with E-state index in [0.29, 0.717) is 30.9 Å². The van der Waals surface area contributed by atoms with Crippen molar-refractivity contribution >= 4 is 41.1 Å². The van der Waals surface area contributed by atoms with Crippen LogP contribution in [0.1, 0.15) is 63.9 Å². The summed E-state index contributed by atoms with van der Waals surface area (Å²) in [5.74, 6) is 1.73. The first-order valence-electron chi connectivity index (χ1n) is 14.8. The summed E-state index contributed by atoms with van der Waals surface area (Å²) in [5, 5.41) is 11.8. The van der Waals surface area contributed by atoms with Crippen molar-refractivity contribution in [3.05, 3.63) is 23.9 Å². The topological polar surface area (TPSA) is 126 Å². The van der Waals surface area contributed by atoms with Gasteiger partial charge in [-0.2, -0.15) is 19.6 Å². The standard InChI is InChI=1S/C28H39ClN8O4/c1-17(2)23-14-30-37-25(23)33-26(31-18-7-10-40-11-8-18)34-27(37)32-19-12-20-5-6-21(13-19)36(20)28(39)41-22-15-35(16-22)24(38)4-3-9-29/h3-4,14,17-22H,5-13,15-16H2,1-2H3,(H2,31,32,33,34)/b4-3+. The van der Waals surface area contributed by atoms with Crippen LogP contribution in [0, 0.1) is 0 Å². The van der Waals surface area contributed by atoms with Crippen LogP contribution in [0.3, 0.4) is 0 Å². The predicted molar refractivity (Wildman–Crippen MR) is 154 cm³/mol. The quantitative estimate of drug-likeness (QED) is 0.353. The molecule has 4 aliphatic heterocycles. The summed E-state index contributed by atoms with van der Waals surface area (Å²) in [6, 6.07) is 0.619. The van der Waals surface area contributed by atoms with Gasteiger partial charge in [-0.05, 0) is 44.4 Å². The van der Waals surface area contributed by atoms with E-state index in [-0.39, 0.29) is 48.2 Å². The minimum absolute atomic E-state index is 0.101. The van der Waals surface area contributed by atoms with Gasteiger partial charge in [0.25, 0.3) is 0 Å². The number of allylic oxidation sites excluding steroid dienone is 1. The van der Waals surface area contributed by atoms with Gasteiger partial charge in [-0.15, -0.1) is 11.6 Å². The first-order valence-corrected chi connectivity index (χ1v) is 15.3. The number of nitrogens with one attached hydrogen (secondary N) is 2. The number of aromatic nitrogens is 4. The van der Waals surface area contributed by atoms with Gasteiger partial charge >= 0.3 is 6.09 Å². The molecule has 2 atom stereocenters.